The van der Waals surface area contributed by atoms with E-state index >= 15 is 0 Å². The van der Waals surface area contributed by atoms with Gasteiger partial charge in [-0.15, -0.1) is 0 Å². The zero-order valence-electron chi connectivity index (χ0n) is 18.8. The van der Waals surface area contributed by atoms with Gasteiger partial charge in [-0.3, -0.25) is 0 Å². The van der Waals surface area contributed by atoms with Crippen molar-refractivity contribution in [1.29, 1.82) is 0 Å². The van der Waals surface area contributed by atoms with Gasteiger partial charge in [-0.25, -0.2) is 14.5 Å². The van der Waals surface area contributed by atoms with E-state index in [1.807, 2.05) is 67.8 Å². The number of rotatable bonds is 8. The monoisotopic (exact) mass is 429 g/mol. The maximum absolute atomic E-state index is 5.75. The molecule has 4 rings (SSSR count). The van der Waals surface area contributed by atoms with Crippen molar-refractivity contribution < 1.29 is 9.47 Å². The first-order chi connectivity index (χ1) is 15.5. The van der Waals surface area contributed by atoms with Crippen LogP contribution in [0.4, 0.5) is 5.69 Å². The van der Waals surface area contributed by atoms with Crippen molar-refractivity contribution in [3.8, 4) is 22.9 Å². The van der Waals surface area contributed by atoms with Gasteiger partial charge in [-0.05, 0) is 62.2 Å². The van der Waals surface area contributed by atoms with Crippen LogP contribution in [0.2, 0.25) is 0 Å². The van der Waals surface area contributed by atoms with Gasteiger partial charge in [-0.1, -0.05) is 18.7 Å². The van der Waals surface area contributed by atoms with Gasteiger partial charge in [0, 0.05) is 12.7 Å². The number of anilines is 1. The molecule has 0 unspecified atom stereocenters. The van der Waals surface area contributed by atoms with Crippen molar-refractivity contribution in [3.63, 3.8) is 0 Å². The lowest BCUT2D eigenvalue weighted by atomic mass is 10.1. The summed E-state index contributed by atoms with van der Waals surface area (Å²) in [5.41, 5.74) is 6.23. The Bertz CT molecular complexity index is 1260. The average molecular weight is 430 g/mol. The summed E-state index contributed by atoms with van der Waals surface area (Å²) in [5.74, 6) is 2.17. The first-order valence-corrected chi connectivity index (χ1v) is 10.5. The largest absolute Gasteiger partial charge is 0.497 e. The van der Waals surface area contributed by atoms with Gasteiger partial charge in [0.15, 0.2) is 0 Å². The van der Waals surface area contributed by atoms with Crippen LogP contribution in [0, 0.1) is 6.92 Å². The third-order valence-corrected chi connectivity index (χ3v) is 5.13. The van der Waals surface area contributed by atoms with E-state index in [1.54, 1.807) is 13.3 Å². The van der Waals surface area contributed by atoms with Gasteiger partial charge >= 0.3 is 0 Å². The number of fused-ring (bicyclic) bond motifs is 1. The molecule has 3 heterocycles. The SMILES string of the molecule is C=C(C)c1nc(C)n2nc(-c3cccnc3OCC)cc(NCc3ccc(OC)cc3)c12. The molecular formula is C25H27N5O2. The van der Waals surface area contributed by atoms with Gasteiger partial charge in [0.25, 0.3) is 0 Å². The molecule has 1 N–H and O–H groups in total. The highest BCUT2D eigenvalue weighted by molar-refractivity contribution is 5.86. The molecule has 164 valence electrons. The molecule has 0 saturated heterocycles. The normalized spacial score (nSPS) is 10.9. The molecule has 32 heavy (non-hydrogen) atoms. The van der Waals surface area contributed by atoms with Gasteiger partial charge in [0.05, 0.1) is 36.4 Å². The van der Waals surface area contributed by atoms with Crippen LogP contribution in [0.3, 0.4) is 0 Å². The van der Waals surface area contributed by atoms with Gasteiger partial charge in [-0.2, -0.15) is 5.10 Å². The van der Waals surface area contributed by atoms with Crippen molar-refractivity contribution >= 4 is 16.8 Å². The molecule has 0 atom stereocenters. The number of pyridine rings is 1. The number of aryl methyl sites for hydroxylation is 1. The van der Waals surface area contributed by atoms with Crippen LogP contribution in [0.1, 0.15) is 30.9 Å². The molecule has 0 saturated carbocycles. The molecule has 7 nitrogen and oxygen atoms in total. The second-order valence-electron chi connectivity index (χ2n) is 7.48. The van der Waals surface area contributed by atoms with E-state index in [4.69, 9.17) is 19.6 Å². The zero-order chi connectivity index (χ0) is 22.7. The highest BCUT2D eigenvalue weighted by Gasteiger charge is 2.18. The standard InChI is InChI=1S/C25H27N5O2/c1-6-32-25-20(8-7-13-26-25)21-14-22(27-15-18-9-11-19(31-5)12-10-18)24-23(16(2)3)28-17(4)30(24)29-21/h7-14,27H,2,6,15H2,1,3-5H3. The third-order valence-electron chi connectivity index (χ3n) is 5.13. The second-order valence-corrected chi connectivity index (χ2v) is 7.48. The fourth-order valence-electron chi connectivity index (χ4n) is 3.57. The van der Waals surface area contributed by atoms with Crippen LogP contribution < -0.4 is 14.8 Å². The average Bonchev–Trinajstić information content (AvgIpc) is 3.15. The molecule has 0 fully saturated rings. The predicted octanol–water partition coefficient (Wildman–Crippen LogP) is 5.15. The molecule has 0 aliphatic heterocycles. The Kier molecular flexibility index (Phi) is 6.07. The van der Waals surface area contributed by atoms with Crippen LogP contribution in [-0.4, -0.2) is 33.3 Å². The molecule has 1 aromatic carbocycles. The van der Waals surface area contributed by atoms with Crippen molar-refractivity contribution in [3.05, 3.63) is 72.3 Å². The van der Waals surface area contributed by atoms with Crippen molar-refractivity contribution in [2.24, 2.45) is 0 Å². The fraction of sp³-hybridized carbons (Fsp3) is 0.240. The molecule has 7 heteroatoms. The molecule has 0 aliphatic rings. The van der Waals surface area contributed by atoms with Gasteiger partial charge < -0.3 is 14.8 Å². The minimum absolute atomic E-state index is 0.527. The van der Waals surface area contributed by atoms with Crippen LogP contribution >= 0.6 is 0 Å². The number of nitrogens with zero attached hydrogens (tertiary/aromatic N) is 4. The summed E-state index contributed by atoms with van der Waals surface area (Å²) in [6.07, 6.45) is 1.72. The van der Waals surface area contributed by atoms with Gasteiger partial charge in [0.2, 0.25) is 5.88 Å². The maximum atomic E-state index is 5.75. The van der Waals surface area contributed by atoms with E-state index in [-0.39, 0.29) is 0 Å². The fourth-order valence-corrected chi connectivity index (χ4v) is 3.57. The minimum Gasteiger partial charge on any atom is -0.497 e. The number of hydrogen-bond acceptors (Lipinski definition) is 6. The minimum atomic E-state index is 0.527. The Labute approximate surface area is 187 Å². The Morgan fingerprint density at radius 1 is 1.19 bits per heavy atom. The lowest BCUT2D eigenvalue weighted by Gasteiger charge is -2.14. The maximum Gasteiger partial charge on any atom is 0.222 e. The lowest BCUT2D eigenvalue weighted by Crippen LogP contribution is -2.06. The van der Waals surface area contributed by atoms with Crippen LogP contribution in [0.15, 0.2) is 55.2 Å². The van der Waals surface area contributed by atoms with Crippen LogP contribution in [0.5, 0.6) is 11.6 Å². The Morgan fingerprint density at radius 3 is 2.66 bits per heavy atom. The van der Waals surface area contributed by atoms with E-state index in [2.05, 4.69) is 16.9 Å². The van der Waals surface area contributed by atoms with E-state index in [0.717, 1.165) is 50.9 Å². The molecule has 0 radical (unpaired) electrons. The Balaban J connectivity index is 1.82. The number of ether oxygens (including phenoxy) is 2. The summed E-state index contributed by atoms with van der Waals surface area (Å²) in [6.45, 7) is 11.1. The zero-order valence-corrected chi connectivity index (χ0v) is 18.8. The molecule has 4 aromatic rings. The summed E-state index contributed by atoms with van der Waals surface area (Å²) in [6, 6.07) is 13.9. The molecule has 0 bridgehead atoms. The summed E-state index contributed by atoms with van der Waals surface area (Å²) in [7, 11) is 1.67. The molecular weight excluding hydrogens is 402 g/mol. The number of methoxy groups -OCH3 is 1. The van der Waals surface area contributed by atoms with E-state index < -0.39 is 0 Å². The molecule has 3 aromatic heterocycles. The molecule has 0 aliphatic carbocycles. The van der Waals surface area contributed by atoms with E-state index in [9.17, 15) is 0 Å². The van der Waals surface area contributed by atoms with Crippen LogP contribution in [0.25, 0.3) is 22.3 Å². The number of allylic oxidation sites excluding steroid dienone is 1. The van der Waals surface area contributed by atoms with E-state index in [0.29, 0.717) is 19.0 Å². The summed E-state index contributed by atoms with van der Waals surface area (Å²) >= 11 is 0. The lowest BCUT2D eigenvalue weighted by molar-refractivity contribution is 0.328. The second kappa shape index (κ2) is 9.09. The Morgan fingerprint density at radius 2 is 1.97 bits per heavy atom. The summed E-state index contributed by atoms with van der Waals surface area (Å²) in [5, 5.41) is 8.43. The quantitative estimate of drug-likeness (QED) is 0.417. The highest BCUT2D eigenvalue weighted by atomic mass is 16.5. The van der Waals surface area contributed by atoms with Crippen molar-refractivity contribution in [2.45, 2.75) is 27.3 Å². The van der Waals surface area contributed by atoms with Crippen molar-refractivity contribution in [1.82, 2.24) is 19.6 Å². The number of nitrogens with one attached hydrogen (secondary N) is 1. The smallest absolute Gasteiger partial charge is 0.222 e. The third kappa shape index (κ3) is 4.14. The molecule has 0 amide bonds. The van der Waals surface area contributed by atoms with E-state index in [1.165, 1.54) is 0 Å². The first kappa shape index (κ1) is 21.4. The van der Waals surface area contributed by atoms with Crippen molar-refractivity contribution in [2.75, 3.05) is 19.0 Å². The number of imidazole rings is 1. The topological polar surface area (TPSA) is 73.6 Å². The number of aromatic nitrogens is 4. The highest BCUT2D eigenvalue weighted by Crippen LogP contribution is 2.33. The number of hydrogen-bond donors (Lipinski definition) is 1. The summed E-state index contributed by atoms with van der Waals surface area (Å²) < 4.78 is 12.9. The van der Waals surface area contributed by atoms with Crippen LogP contribution in [-0.2, 0) is 6.54 Å². The molecule has 0 spiro atoms. The number of benzene rings is 1. The Hall–Kier alpha value is -3.87. The first-order valence-electron chi connectivity index (χ1n) is 10.5. The van der Waals surface area contributed by atoms with Gasteiger partial charge in [0.1, 0.15) is 17.1 Å². The predicted molar refractivity (Wildman–Crippen MR) is 127 cm³/mol. The summed E-state index contributed by atoms with van der Waals surface area (Å²) in [4.78, 5) is 9.11.